The smallest absolute Gasteiger partial charge is 0.137 e. The van der Waals surface area contributed by atoms with Crippen molar-refractivity contribution in [2.24, 2.45) is 0 Å². The van der Waals surface area contributed by atoms with Crippen LogP contribution in [0.4, 0.5) is 4.39 Å². The first-order chi connectivity index (χ1) is 9.24. The average molecular weight is 273 g/mol. The number of nitrogens with zero attached hydrogens (tertiary/aromatic N) is 1. The van der Waals surface area contributed by atoms with Crippen molar-refractivity contribution in [3.05, 3.63) is 65.6 Å². The van der Waals surface area contributed by atoms with E-state index in [0.29, 0.717) is 10.8 Å². The van der Waals surface area contributed by atoms with Gasteiger partial charge in [-0.15, -0.1) is 0 Å². The molecule has 1 N–H and O–H groups in total. The molecular weight excluding hydrogens is 263 g/mol. The number of imidazole rings is 1. The van der Waals surface area contributed by atoms with Crippen molar-refractivity contribution in [1.29, 1.82) is 0 Å². The highest BCUT2D eigenvalue weighted by Gasteiger charge is 2.07. The summed E-state index contributed by atoms with van der Waals surface area (Å²) in [6.07, 6.45) is 1.72. The Morgan fingerprint density at radius 2 is 1.74 bits per heavy atom. The van der Waals surface area contributed by atoms with Gasteiger partial charge in [-0.05, 0) is 30.3 Å². The Balaban J connectivity index is 2.00. The number of H-pyrrole nitrogens is 1. The van der Waals surface area contributed by atoms with Gasteiger partial charge in [-0.25, -0.2) is 9.37 Å². The van der Waals surface area contributed by atoms with Gasteiger partial charge in [0.1, 0.15) is 11.6 Å². The molecule has 1 heterocycles. The lowest BCUT2D eigenvalue weighted by molar-refractivity contribution is 0.628. The van der Waals surface area contributed by atoms with E-state index in [1.807, 2.05) is 24.3 Å². The number of nitrogens with one attached hydrogen (secondary N) is 1. The zero-order valence-electron chi connectivity index (χ0n) is 9.90. The normalized spacial score (nSPS) is 10.6. The Bertz CT molecular complexity index is 704. The van der Waals surface area contributed by atoms with E-state index in [9.17, 15) is 4.39 Å². The van der Waals surface area contributed by atoms with Crippen LogP contribution in [0.2, 0.25) is 5.02 Å². The minimum Gasteiger partial charge on any atom is -0.338 e. The largest absolute Gasteiger partial charge is 0.338 e. The van der Waals surface area contributed by atoms with Gasteiger partial charge < -0.3 is 4.98 Å². The molecule has 0 saturated carbocycles. The van der Waals surface area contributed by atoms with Crippen molar-refractivity contribution < 1.29 is 4.39 Å². The lowest BCUT2D eigenvalue weighted by Gasteiger charge is -2.00. The van der Waals surface area contributed by atoms with E-state index in [4.69, 9.17) is 11.6 Å². The van der Waals surface area contributed by atoms with Crippen LogP contribution in [0, 0.1) is 5.82 Å². The topological polar surface area (TPSA) is 28.7 Å². The van der Waals surface area contributed by atoms with Crippen molar-refractivity contribution in [3.8, 4) is 22.6 Å². The van der Waals surface area contributed by atoms with E-state index >= 15 is 0 Å². The molecular formula is C15H10ClFN2. The highest BCUT2D eigenvalue weighted by molar-refractivity contribution is 6.33. The third kappa shape index (κ3) is 2.37. The zero-order chi connectivity index (χ0) is 13.2. The molecule has 0 aliphatic heterocycles. The van der Waals surface area contributed by atoms with Crippen LogP contribution in [0.3, 0.4) is 0 Å². The molecule has 3 rings (SSSR count). The quantitative estimate of drug-likeness (QED) is 0.729. The van der Waals surface area contributed by atoms with E-state index in [1.165, 1.54) is 12.1 Å². The van der Waals surface area contributed by atoms with E-state index in [0.717, 1.165) is 16.8 Å². The van der Waals surface area contributed by atoms with Gasteiger partial charge in [0.05, 0.1) is 11.9 Å². The monoisotopic (exact) mass is 272 g/mol. The molecule has 0 aliphatic rings. The number of aromatic amines is 1. The summed E-state index contributed by atoms with van der Waals surface area (Å²) in [4.78, 5) is 7.48. The summed E-state index contributed by atoms with van der Waals surface area (Å²) in [6.45, 7) is 0. The predicted molar refractivity (Wildman–Crippen MR) is 74.4 cm³/mol. The number of aromatic nitrogens is 2. The molecule has 1 aromatic heterocycles. The second kappa shape index (κ2) is 4.86. The van der Waals surface area contributed by atoms with Crippen LogP contribution in [0.25, 0.3) is 22.6 Å². The van der Waals surface area contributed by atoms with Gasteiger partial charge in [0.2, 0.25) is 0 Å². The Morgan fingerprint density at radius 1 is 1.00 bits per heavy atom. The third-order valence-electron chi connectivity index (χ3n) is 2.86. The van der Waals surface area contributed by atoms with Crippen molar-refractivity contribution in [2.45, 2.75) is 0 Å². The molecule has 2 nitrogen and oxygen atoms in total. The van der Waals surface area contributed by atoms with Gasteiger partial charge in [0.15, 0.2) is 0 Å². The van der Waals surface area contributed by atoms with E-state index in [-0.39, 0.29) is 5.82 Å². The molecule has 19 heavy (non-hydrogen) atoms. The molecule has 0 spiro atoms. The van der Waals surface area contributed by atoms with Crippen LogP contribution in [0.5, 0.6) is 0 Å². The second-order valence-corrected chi connectivity index (χ2v) is 4.54. The molecule has 0 radical (unpaired) electrons. The second-order valence-electron chi connectivity index (χ2n) is 4.13. The minimum atomic E-state index is -0.262. The first kappa shape index (κ1) is 11.9. The standard InChI is InChI=1S/C15H10ClFN2/c16-13-4-2-1-3-12(13)14-9-18-15(19-14)10-5-7-11(17)8-6-10/h1-9H,(H,18,19). The Morgan fingerprint density at radius 3 is 2.47 bits per heavy atom. The maximum Gasteiger partial charge on any atom is 0.137 e. The Kier molecular flexibility index (Phi) is 3.05. The molecule has 0 saturated heterocycles. The van der Waals surface area contributed by atoms with Gasteiger partial charge in [-0.1, -0.05) is 29.8 Å². The van der Waals surface area contributed by atoms with Gasteiger partial charge in [-0.3, -0.25) is 0 Å². The van der Waals surface area contributed by atoms with Crippen molar-refractivity contribution in [3.63, 3.8) is 0 Å². The fourth-order valence-corrected chi connectivity index (χ4v) is 2.13. The maximum absolute atomic E-state index is 12.9. The summed E-state index contributed by atoms with van der Waals surface area (Å²) in [6, 6.07) is 13.7. The lowest BCUT2D eigenvalue weighted by atomic mass is 10.2. The summed E-state index contributed by atoms with van der Waals surface area (Å²) in [5.41, 5.74) is 2.56. The summed E-state index contributed by atoms with van der Waals surface area (Å²) in [5.74, 6) is 0.427. The first-order valence-electron chi connectivity index (χ1n) is 5.80. The van der Waals surface area contributed by atoms with Crippen LogP contribution in [0.15, 0.2) is 54.7 Å². The van der Waals surface area contributed by atoms with E-state index < -0.39 is 0 Å². The minimum absolute atomic E-state index is 0.262. The average Bonchev–Trinajstić information content (AvgIpc) is 2.89. The molecule has 94 valence electrons. The Labute approximate surface area is 114 Å². The number of hydrogen-bond donors (Lipinski definition) is 1. The molecule has 0 unspecified atom stereocenters. The molecule has 0 bridgehead atoms. The molecule has 0 aliphatic carbocycles. The van der Waals surface area contributed by atoms with Gasteiger partial charge in [0, 0.05) is 16.1 Å². The van der Waals surface area contributed by atoms with Crippen LogP contribution in [-0.2, 0) is 0 Å². The fourth-order valence-electron chi connectivity index (χ4n) is 1.89. The predicted octanol–water partition coefficient (Wildman–Crippen LogP) is 4.54. The number of rotatable bonds is 2. The van der Waals surface area contributed by atoms with Gasteiger partial charge >= 0.3 is 0 Å². The van der Waals surface area contributed by atoms with Crippen LogP contribution in [0.1, 0.15) is 0 Å². The van der Waals surface area contributed by atoms with E-state index in [2.05, 4.69) is 9.97 Å². The fraction of sp³-hybridized carbons (Fsp3) is 0. The summed E-state index contributed by atoms with van der Waals surface area (Å²) in [5, 5.41) is 0.664. The van der Waals surface area contributed by atoms with Crippen LogP contribution in [-0.4, -0.2) is 9.97 Å². The van der Waals surface area contributed by atoms with Crippen molar-refractivity contribution >= 4 is 11.6 Å². The molecule has 0 fully saturated rings. The maximum atomic E-state index is 12.9. The summed E-state index contributed by atoms with van der Waals surface area (Å²) >= 11 is 6.14. The Hall–Kier alpha value is -2.13. The van der Waals surface area contributed by atoms with Gasteiger partial charge in [-0.2, -0.15) is 0 Å². The summed E-state index contributed by atoms with van der Waals surface area (Å²) < 4.78 is 12.9. The molecule has 2 aromatic carbocycles. The number of benzene rings is 2. The zero-order valence-corrected chi connectivity index (χ0v) is 10.7. The lowest BCUT2D eigenvalue weighted by Crippen LogP contribution is -1.82. The first-order valence-corrected chi connectivity index (χ1v) is 6.18. The van der Waals surface area contributed by atoms with Crippen molar-refractivity contribution in [2.75, 3.05) is 0 Å². The van der Waals surface area contributed by atoms with Crippen LogP contribution >= 0.6 is 11.6 Å². The SMILES string of the molecule is Fc1ccc(-c2ncc(-c3ccccc3Cl)[nH]2)cc1. The number of halogens is 2. The summed E-state index contributed by atoms with van der Waals surface area (Å²) in [7, 11) is 0. The molecule has 4 heteroatoms. The third-order valence-corrected chi connectivity index (χ3v) is 3.19. The molecule has 3 aromatic rings. The van der Waals surface area contributed by atoms with Crippen molar-refractivity contribution in [1.82, 2.24) is 9.97 Å². The molecule has 0 amide bonds. The molecule has 0 atom stereocenters. The number of hydrogen-bond acceptors (Lipinski definition) is 1. The van der Waals surface area contributed by atoms with Gasteiger partial charge in [0.25, 0.3) is 0 Å². The highest BCUT2D eigenvalue weighted by Crippen LogP contribution is 2.27. The highest BCUT2D eigenvalue weighted by atomic mass is 35.5. The van der Waals surface area contributed by atoms with E-state index in [1.54, 1.807) is 18.3 Å². The van der Waals surface area contributed by atoms with Crippen LogP contribution < -0.4 is 0 Å².